The smallest absolute Gasteiger partial charge is 0.382 e. The summed E-state index contributed by atoms with van der Waals surface area (Å²) < 4.78 is 62.7. The van der Waals surface area contributed by atoms with Crippen LogP contribution in [0.2, 0.25) is 0 Å². The van der Waals surface area contributed by atoms with E-state index in [1.165, 1.54) is 25.2 Å². The largest absolute Gasteiger partial charge is 0.478 e. The van der Waals surface area contributed by atoms with Crippen LogP contribution >= 0.6 is 27.1 Å². The number of fused-ring (bicyclic) bond motifs is 2. The second-order valence-electron chi connectivity index (χ2n) is 7.01. The molecule has 0 spiro atoms. The summed E-state index contributed by atoms with van der Waals surface area (Å²) in [7, 11) is -5.12. The van der Waals surface area contributed by atoms with Gasteiger partial charge in [-0.25, -0.2) is 23.8 Å². The number of thioether (sulfide) groups is 1. The molecule has 4 heterocycles. The molecule has 0 amide bonds. The first-order valence-electron chi connectivity index (χ1n) is 9.42. The first kappa shape index (κ1) is 25.0. The molecule has 7 unspecified atom stereocenters. The summed E-state index contributed by atoms with van der Waals surface area (Å²) in [6.45, 7) is -1.28. The first-order chi connectivity index (χ1) is 15.6. The van der Waals surface area contributed by atoms with Crippen molar-refractivity contribution >= 4 is 51.6 Å². The van der Waals surface area contributed by atoms with Gasteiger partial charge in [-0.15, -0.1) is 0 Å². The molecule has 0 saturated carbocycles. The van der Waals surface area contributed by atoms with Gasteiger partial charge in [0.1, 0.15) is 23.8 Å². The number of phosphoric ester groups is 1. The van der Waals surface area contributed by atoms with Gasteiger partial charge in [-0.1, -0.05) is 11.8 Å². The number of aromatic nitrogens is 4. The topological polar surface area (TPSA) is 189 Å². The maximum absolute atomic E-state index is 12.5. The van der Waals surface area contributed by atoms with Gasteiger partial charge in [0.2, 0.25) is 0 Å². The Morgan fingerprint density at radius 2 is 2.00 bits per heavy atom. The van der Waals surface area contributed by atoms with Crippen LogP contribution in [0.25, 0.3) is 11.2 Å². The molecule has 2 aliphatic heterocycles. The average Bonchev–Trinajstić information content (AvgIpc) is 3.45. The van der Waals surface area contributed by atoms with E-state index in [2.05, 4.69) is 23.8 Å². The quantitative estimate of drug-likeness (QED) is 0.196. The van der Waals surface area contributed by atoms with E-state index in [0.29, 0.717) is 16.3 Å². The number of nitrogen functional groups attached to an aromatic ring is 1. The van der Waals surface area contributed by atoms with Crippen LogP contribution in [0.1, 0.15) is 6.23 Å². The number of nitrogens with two attached hydrogens (primary N) is 1. The van der Waals surface area contributed by atoms with Crippen LogP contribution in [0.5, 0.6) is 0 Å². The zero-order chi connectivity index (χ0) is 24.0. The standard InChI is InChI=1S/C14H22BN5O10P2S/c1-24-14-28-8-6(4-26-31(15,21)30-32(22,23)25-2)27-12(9(8)29-14)20-5-17-7-10(16)18-13(33-3)19-11(7)20/h5-6,8-9,12,14H,4,15H2,1-3H3,(H,22,23)(H2,16,18,19). The maximum Gasteiger partial charge on any atom is 0.478 e. The van der Waals surface area contributed by atoms with E-state index >= 15 is 0 Å². The van der Waals surface area contributed by atoms with Gasteiger partial charge < -0.3 is 34.1 Å². The zero-order valence-corrected chi connectivity index (χ0v) is 20.6. The van der Waals surface area contributed by atoms with Gasteiger partial charge in [-0.05, 0) is 6.26 Å². The number of anilines is 1. The van der Waals surface area contributed by atoms with Gasteiger partial charge in [0.05, 0.1) is 12.9 Å². The van der Waals surface area contributed by atoms with Gasteiger partial charge in [0.15, 0.2) is 22.8 Å². The molecule has 2 fully saturated rings. The molecule has 0 aliphatic carbocycles. The van der Waals surface area contributed by atoms with Crippen molar-refractivity contribution in [1.29, 1.82) is 0 Å². The molecule has 2 aliphatic rings. The third kappa shape index (κ3) is 5.14. The molecule has 15 nitrogen and oxygen atoms in total. The molecule has 2 aromatic rings. The maximum atomic E-state index is 12.5. The Kier molecular flexibility index (Phi) is 7.21. The summed E-state index contributed by atoms with van der Waals surface area (Å²) >= 11 is 1.31. The Balaban J connectivity index is 1.59. The molecule has 0 bridgehead atoms. The number of methoxy groups -OCH3 is 1. The minimum Gasteiger partial charge on any atom is -0.382 e. The SMILES string of the molecule is BP(=O)(OCC1OC(n2cnc3c(N)nc(SC)nc32)C2OC(OC)OC12)OP(=O)(O)OC. The Morgan fingerprint density at radius 1 is 1.27 bits per heavy atom. The second-order valence-corrected chi connectivity index (χ2v) is 11.5. The van der Waals surface area contributed by atoms with Gasteiger partial charge >= 0.3 is 7.82 Å². The normalized spacial score (nSPS) is 30.8. The van der Waals surface area contributed by atoms with Crippen molar-refractivity contribution in [1.82, 2.24) is 19.5 Å². The monoisotopic (exact) mass is 525 g/mol. The van der Waals surface area contributed by atoms with Crippen molar-refractivity contribution in [2.45, 2.75) is 36.2 Å². The summed E-state index contributed by atoms with van der Waals surface area (Å²) in [5.41, 5.74) is 6.82. The summed E-state index contributed by atoms with van der Waals surface area (Å²) in [4.78, 5) is 22.4. The average molecular weight is 525 g/mol. The Bertz CT molecular complexity index is 1130. The van der Waals surface area contributed by atoms with E-state index in [9.17, 15) is 14.0 Å². The molecule has 3 N–H and O–H groups in total. The predicted molar refractivity (Wildman–Crippen MR) is 116 cm³/mol. The number of rotatable bonds is 9. The highest BCUT2D eigenvalue weighted by Crippen LogP contribution is 2.60. The van der Waals surface area contributed by atoms with Crippen molar-refractivity contribution in [3.8, 4) is 0 Å². The highest BCUT2D eigenvalue weighted by atomic mass is 32.2. The fraction of sp³-hybridized carbons (Fsp3) is 0.643. The molecule has 0 aromatic carbocycles. The molecule has 182 valence electrons. The number of nitrogens with zero attached hydrogens (tertiary/aromatic N) is 4. The molecular weight excluding hydrogens is 503 g/mol. The minimum atomic E-state index is -4.53. The molecular formula is C14H22BN5O10P2S. The van der Waals surface area contributed by atoms with Crippen LogP contribution in [0.4, 0.5) is 5.82 Å². The van der Waals surface area contributed by atoms with Crippen LogP contribution in [0, 0.1) is 0 Å². The van der Waals surface area contributed by atoms with Crippen LogP contribution in [0.15, 0.2) is 11.5 Å². The third-order valence-electron chi connectivity index (χ3n) is 4.85. The summed E-state index contributed by atoms with van der Waals surface area (Å²) in [5, 5.41) is 0.449. The Labute approximate surface area is 193 Å². The van der Waals surface area contributed by atoms with E-state index in [1.54, 1.807) is 4.57 Å². The summed E-state index contributed by atoms with van der Waals surface area (Å²) in [5.74, 6) is 0.214. The van der Waals surface area contributed by atoms with Crippen molar-refractivity contribution in [3.63, 3.8) is 0 Å². The lowest BCUT2D eigenvalue weighted by Crippen LogP contribution is -2.31. The molecule has 2 aromatic heterocycles. The lowest BCUT2D eigenvalue weighted by atomic mass is 10.1. The van der Waals surface area contributed by atoms with Gasteiger partial charge in [0.25, 0.3) is 21.5 Å². The van der Waals surface area contributed by atoms with Crippen molar-refractivity contribution in [3.05, 3.63) is 6.33 Å². The van der Waals surface area contributed by atoms with Crippen LogP contribution in [-0.4, -0.2) is 83.8 Å². The van der Waals surface area contributed by atoms with Gasteiger partial charge in [-0.2, -0.15) is 0 Å². The number of ether oxygens (including phenoxy) is 4. The zero-order valence-electron chi connectivity index (χ0n) is 18.0. The fourth-order valence-corrected chi connectivity index (χ4v) is 6.16. The minimum absolute atomic E-state index is 0.214. The van der Waals surface area contributed by atoms with Crippen LogP contribution in [-0.2, 0) is 41.4 Å². The number of hydrogen-bond acceptors (Lipinski definition) is 14. The van der Waals surface area contributed by atoms with E-state index in [-0.39, 0.29) is 12.4 Å². The lowest BCUT2D eigenvalue weighted by molar-refractivity contribution is -0.256. The number of phosphoric acid groups is 1. The molecule has 19 heteroatoms. The second kappa shape index (κ2) is 9.51. The molecule has 2 saturated heterocycles. The lowest BCUT2D eigenvalue weighted by Gasteiger charge is -2.22. The summed E-state index contributed by atoms with van der Waals surface area (Å²) in [6, 6.07) is 0. The van der Waals surface area contributed by atoms with E-state index in [0.717, 1.165) is 14.7 Å². The highest BCUT2D eigenvalue weighted by Gasteiger charge is 2.54. The molecule has 7 atom stereocenters. The van der Waals surface area contributed by atoms with Crippen molar-refractivity contribution < 1.29 is 46.3 Å². The van der Waals surface area contributed by atoms with Gasteiger partial charge in [0, 0.05) is 14.2 Å². The third-order valence-corrected chi connectivity index (χ3v) is 8.49. The Morgan fingerprint density at radius 3 is 2.67 bits per heavy atom. The van der Waals surface area contributed by atoms with Crippen molar-refractivity contribution in [2.24, 2.45) is 0 Å². The van der Waals surface area contributed by atoms with Crippen LogP contribution < -0.4 is 5.73 Å². The van der Waals surface area contributed by atoms with E-state index in [4.69, 9.17) is 29.2 Å². The Hall–Kier alpha value is -1.10. The predicted octanol–water partition coefficient (Wildman–Crippen LogP) is 0.263. The van der Waals surface area contributed by atoms with Gasteiger partial charge in [-0.3, -0.25) is 13.7 Å². The molecule has 4 rings (SSSR count). The summed E-state index contributed by atoms with van der Waals surface area (Å²) in [6.07, 6.45) is 0.346. The highest BCUT2D eigenvalue weighted by molar-refractivity contribution is 7.98. The fourth-order valence-electron chi connectivity index (χ4n) is 3.42. The first-order valence-corrected chi connectivity index (χ1v) is 14.1. The van der Waals surface area contributed by atoms with Crippen molar-refractivity contribution in [2.75, 3.05) is 32.8 Å². The van der Waals surface area contributed by atoms with E-state index in [1.807, 2.05) is 6.26 Å². The van der Waals surface area contributed by atoms with E-state index < -0.39 is 46.3 Å². The number of imidazole rings is 1. The molecule has 33 heavy (non-hydrogen) atoms. The molecule has 0 radical (unpaired) electrons. The van der Waals surface area contributed by atoms with Crippen LogP contribution in [0.3, 0.4) is 0 Å². The number of hydrogen-bond donors (Lipinski definition) is 2.